The van der Waals surface area contributed by atoms with E-state index in [0.717, 1.165) is 32.0 Å². The Kier molecular flexibility index (Phi) is 5.29. The molecule has 8 nitrogen and oxygen atoms in total. The first-order valence-electron chi connectivity index (χ1n) is 9.27. The minimum Gasteiger partial charge on any atom is -0.353 e. The Morgan fingerprint density at radius 3 is 2.24 bits per heavy atom. The first-order chi connectivity index (χ1) is 14.2. The molecule has 2 aromatic heterocycles. The Labute approximate surface area is 168 Å². The van der Waals surface area contributed by atoms with Gasteiger partial charge in [0.25, 0.3) is 5.91 Å². The van der Waals surface area contributed by atoms with Gasteiger partial charge in [0.2, 0.25) is 5.95 Å². The number of pyridine rings is 1. The minimum atomic E-state index is -0.291. The van der Waals surface area contributed by atoms with Gasteiger partial charge in [-0.15, -0.1) is 0 Å². The van der Waals surface area contributed by atoms with Crippen LogP contribution in [-0.4, -0.2) is 47.0 Å². The fourth-order valence-electron chi connectivity index (χ4n) is 3.11. The number of benzene rings is 1. The van der Waals surface area contributed by atoms with Crippen LogP contribution in [0.15, 0.2) is 61.1 Å². The zero-order chi connectivity index (χ0) is 20.1. The van der Waals surface area contributed by atoms with Crippen molar-refractivity contribution >= 4 is 23.4 Å². The summed E-state index contributed by atoms with van der Waals surface area (Å²) in [7, 11) is 0. The van der Waals surface area contributed by atoms with E-state index in [0.29, 0.717) is 22.8 Å². The molecular weight excluding hydrogens is 366 g/mol. The Bertz CT molecular complexity index is 1010. The van der Waals surface area contributed by atoms with Crippen molar-refractivity contribution in [1.29, 1.82) is 5.26 Å². The number of nitrogens with one attached hydrogen (secondary N) is 1. The Morgan fingerprint density at radius 2 is 1.62 bits per heavy atom. The Morgan fingerprint density at radius 1 is 0.931 bits per heavy atom. The maximum Gasteiger partial charge on any atom is 0.258 e. The van der Waals surface area contributed by atoms with Crippen molar-refractivity contribution in [1.82, 2.24) is 15.0 Å². The molecule has 1 aliphatic rings. The highest BCUT2D eigenvalue weighted by molar-refractivity contribution is 6.03. The molecule has 3 aromatic rings. The van der Waals surface area contributed by atoms with Gasteiger partial charge in [-0.05, 0) is 36.4 Å². The van der Waals surface area contributed by atoms with Crippen LogP contribution in [0, 0.1) is 11.3 Å². The molecule has 0 saturated carbocycles. The van der Waals surface area contributed by atoms with E-state index in [1.54, 1.807) is 30.5 Å². The summed E-state index contributed by atoms with van der Waals surface area (Å²) >= 11 is 0. The van der Waals surface area contributed by atoms with Crippen LogP contribution in [0.1, 0.15) is 15.9 Å². The molecule has 1 amide bonds. The van der Waals surface area contributed by atoms with Gasteiger partial charge in [-0.1, -0.05) is 6.07 Å². The fourth-order valence-corrected chi connectivity index (χ4v) is 3.11. The molecule has 4 rings (SSSR count). The lowest BCUT2D eigenvalue weighted by atomic mass is 10.2. The summed E-state index contributed by atoms with van der Waals surface area (Å²) in [4.78, 5) is 29.8. The normalized spacial score (nSPS) is 13.6. The molecule has 1 aromatic carbocycles. The molecule has 0 bridgehead atoms. The van der Waals surface area contributed by atoms with Gasteiger partial charge in [-0.25, -0.2) is 15.0 Å². The van der Waals surface area contributed by atoms with Crippen LogP contribution in [0.5, 0.6) is 0 Å². The van der Waals surface area contributed by atoms with E-state index >= 15 is 0 Å². The van der Waals surface area contributed by atoms with Gasteiger partial charge in [0.05, 0.1) is 17.2 Å². The summed E-state index contributed by atoms with van der Waals surface area (Å²) in [5.41, 5.74) is 1.53. The van der Waals surface area contributed by atoms with E-state index < -0.39 is 0 Å². The van der Waals surface area contributed by atoms with Crippen molar-refractivity contribution in [2.75, 3.05) is 41.3 Å². The summed E-state index contributed by atoms with van der Waals surface area (Å²) in [6, 6.07) is 14.6. The van der Waals surface area contributed by atoms with Crippen molar-refractivity contribution in [3.05, 3.63) is 72.2 Å². The standard InChI is InChI=1S/C21H19N7O/c22-13-16-4-6-18(7-5-16)26-20(29)17-14-24-21(25-15-17)28-11-9-27(10-12-28)19-3-1-2-8-23-19/h1-8,14-15H,9-12H2,(H,26,29). The third-order valence-corrected chi connectivity index (χ3v) is 4.71. The number of anilines is 3. The zero-order valence-electron chi connectivity index (χ0n) is 15.7. The molecule has 0 aliphatic carbocycles. The van der Waals surface area contributed by atoms with Crippen LogP contribution in [-0.2, 0) is 0 Å². The number of nitriles is 1. The molecule has 0 radical (unpaired) electrons. The van der Waals surface area contributed by atoms with E-state index in [1.807, 2.05) is 24.3 Å². The summed E-state index contributed by atoms with van der Waals surface area (Å²) in [5, 5.41) is 11.6. The zero-order valence-corrected chi connectivity index (χ0v) is 15.7. The molecule has 29 heavy (non-hydrogen) atoms. The van der Waals surface area contributed by atoms with E-state index in [1.165, 1.54) is 12.4 Å². The lowest BCUT2D eigenvalue weighted by Gasteiger charge is -2.35. The average Bonchev–Trinajstić information content (AvgIpc) is 2.80. The van der Waals surface area contributed by atoms with Gasteiger partial charge in [0.15, 0.2) is 0 Å². The van der Waals surface area contributed by atoms with Gasteiger partial charge in [0, 0.05) is 50.5 Å². The van der Waals surface area contributed by atoms with Crippen LogP contribution < -0.4 is 15.1 Å². The highest BCUT2D eigenvalue weighted by Crippen LogP contribution is 2.16. The van der Waals surface area contributed by atoms with Crippen LogP contribution >= 0.6 is 0 Å². The second-order valence-corrected chi connectivity index (χ2v) is 6.58. The van der Waals surface area contributed by atoms with E-state index in [2.05, 4.69) is 30.1 Å². The monoisotopic (exact) mass is 385 g/mol. The summed E-state index contributed by atoms with van der Waals surface area (Å²) in [6.07, 6.45) is 4.87. The molecule has 0 spiro atoms. The molecule has 1 N–H and O–H groups in total. The lowest BCUT2D eigenvalue weighted by Crippen LogP contribution is -2.47. The SMILES string of the molecule is N#Cc1ccc(NC(=O)c2cnc(N3CCN(c4ccccn4)CC3)nc2)cc1. The van der Waals surface area contributed by atoms with Crippen LogP contribution in [0.3, 0.4) is 0 Å². The molecule has 0 unspecified atom stereocenters. The first-order valence-corrected chi connectivity index (χ1v) is 9.27. The highest BCUT2D eigenvalue weighted by atomic mass is 16.1. The van der Waals surface area contributed by atoms with Crippen LogP contribution in [0.25, 0.3) is 0 Å². The fraction of sp³-hybridized carbons (Fsp3) is 0.190. The van der Waals surface area contributed by atoms with E-state index in [4.69, 9.17) is 5.26 Å². The Balaban J connectivity index is 1.35. The number of aromatic nitrogens is 3. The second-order valence-electron chi connectivity index (χ2n) is 6.58. The van der Waals surface area contributed by atoms with Gasteiger partial charge < -0.3 is 15.1 Å². The smallest absolute Gasteiger partial charge is 0.258 e. The van der Waals surface area contributed by atoms with Crippen LogP contribution in [0.2, 0.25) is 0 Å². The number of nitrogens with zero attached hydrogens (tertiary/aromatic N) is 6. The quantitative estimate of drug-likeness (QED) is 0.736. The molecule has 0 atom stereocenters. The van der Waals surface area contributed by atoms with Crippen molar-refractivity contribution < 1.29 is 4.79 Å². The minimum absolute atomic E-state index is 0.291. The summed E-state index contributed by atoms with van der Waals surface area (Å²) < 4.78 is 0. The van der Waals surface area contributed by atoms with Gasteiger partial charge in [-0.3, -0.25) is 4.79 Å². The number of piperazine rings is 1. The number of hydrogen-bond acceptors (Lipinski definition) is 7. The molecule has 1 aliphatic heterocycles. The first kappa shape index (κ1) is 18.4. The molecule has 1 fully saturated rings. The van der Waals surface area contributed by atoms with Crippen molar-refractivity contribution in [2.24, 2.45) is 0 Å². The average molecular weight is 385 g/mol. The third-order valence-electron chi connectivity index (χ3n) is 4.71. The third kappa shape index (κ3) is 4.30. The summed E-state index contributed by atoms with van der Waals surface area (Å²) in [6.45, 7) is 3.24. The summed E-state index contributed by atoms with van der Waals surface area (Å²) in [5.74, 6) is 1.30. The highest BCUT2D eigenvalue weighted by Gasteiger charge is 2.20. The largest absolute Gasteiger partial charge is 0.353 e. The van der Waals surface area contributed by atoms with Gasteiger partial charge >= 0.3 is 0 Å². The molecule has 144 valence electrons. The molecule has 3 heterocycles. The maximum atomic E-state index is 12.4. The van der Waals surface area contributed by atoms with Gasteiger partial charge in [0.1, 0.15) is 5.82 Å². The Hall–Kier alpha value is -3.99. The molecular formula is C21H19N7O. The predicted octanol–water partition coefficient (Wildman–Crippen LogP) is 2.32. The van der Waals surface area contributed by atoms with Crippen molar-refractivity contribution in [3.8, 4) is 6.07 Å². The maximum absolute atomic E-state index is 12.4. The number of amides is 1. The van der Waals surface area contributed by atoms with E-state index in [-0.39, 0.29) is 5.91 Å². The second kappa shape index (κ2) is 8.35. The molecule has 8 heteroatoms. The number of carbonyl (C=O) groups excluding carboxylic acids is 1. The number of rotatable bonds is 4. The van der Waals surface area contributed by atoms with Crippen LogP contribution in [0.4, 0.5) is 17.5 Å². The topological polar surface area (TPSA) is 98.0 Å². The van der Waals surface area contributed by atoms with Gasteiger partial charge in [-0.2, -0.15) is 5.26 Å². The predicted molar refractivity (Wildman–Crippen MR) is 110 cm³/mol. The number of hydrogen-bond donors (Lipinski definition) is 1. The van der Waals surface area contributed by atoms with Crippen molar-refractivity contribution in [2.45, 2.75) is 0 Å². The van der Waals surface area contributed by atoms with Crippen molar-refractivity contribution in [3.63, 3.8) is 0 Å². The number of carbonyl (C=O) groups is 1. The van der Waals surface area contributed by atoms with E-state index in [9.17, 15) is 4.79 Å². The molecule has 1 saturated heterocycles. The lowest BCUT2D eigenvalue weighted by molar-refractivity contribution is 0.102.